The number of nitrogens with zero attached hydrogens (tertiary/aromatic N) is 1. The van der Waals surface area contributed by atoms with Gasteiger partial charge in [0.2, 0.25) is 0 Å². The van der Waals surface area contributed by atoms with Gasteiger partial charge in [0, 0.05) is 30.3 Å². The molecule has 1 heterocycles. The predicted molar refractivity (Wildman–Crippen MR) is 76.4 cm³/mol. The number of fused-ring (bicyclic) bond motifs is 1. The molecule has 1 aliphatic heterocycles. The van der Waals surface area contributed by atoms with Crippen LogP contribution in [0.25, 0.3) is 0 Å². The first-order valence-electron chi connectivity index (χ1n) is 6.58. The minimum Gasteiger partial charge on any atom is -0.323 e. The zero-order valence-corrected chi connectivity index (χ0v) is 11.3. The highest BCUT2D eigenvalue weighted by molar-refractivity contribution is 7.99. The van der Waals surface area contributed by atoms with Crippen molar-refractivity contribution in [3.8, 4) is 0 Å². The highest BCUT2D eigenvalue weighted by Gasteiger charge is 2.17. The van der Waals surface area contributed by atoms with Gasteiger partial charge in [-0.25, -0.2) is 4.79 Å². The lowest BCUT2D eigenvalue weighted by Gasteiger charge is -2.26. The standard InChI is InChI=1S/C14H18N2OS/c17-14(16-6-8-18-9-7-16)15-13-5-4-11-2-1-3-12(11)10-13/h4-5,10H,1-3,6-9H2,(H,15,17). The Morgan fingerprint density at radius 1 is 1.17 bits per heavy atom. The van der Waals surface area contributed by atoms with Crippen LogP contribution in [0.15, 0.2) is 18.2 Å². The first-order chi connectivity index (χ1) is 8.83. The lowest BCUT2D eigenvalue weighted by Crippen LogP contribution is -2.40. The van der Waals surface area contributed by atoms with Crippen molar-refractivity contribution in [1.82, 2.24) is 4.90 Å². The molecule has 1 aromatic carbocycles. The van der Waals surface area contributed by atoms with Crippen LogP contribution in [0.2, 0.25) is 0 Å². The molecule has 0 aromatic heterocycles. The molecule has 0 atom stereocenters. The van der Waals surface area contributed by atoms with Crippen molar-refractivity contribution in [1.29, 1.82) is 0 Å². The van der Waals surface area contributed by atoms with E-state index in [0.29, 0.717) is 0 Å². The van der Waals surface area contributed by atoms with Gasteiger partial charge in [-0.1, -0.05) is 6.07 Å². The van der Waals surface area contributed by atoms with E-state index in [2.05, 4.69) is 17.4 Å². The first kappa shape index (κ1) is 11.9. The highest BCUT2D eigenvalue weighted by Crippen LogP contribution is 2.25. The van der Waals surface area contributed by atoms with E-state index in [0.717, 1.165) is 36.7 Å². The second-order valence-corrected chi connectivity index (χ2v) is 6.09. The molecule has 0 radical (unpaired) electrons. The summed E-state index contributed by atoms with van der Waals surface area (Å²) in [7, 11) is 0. The van der Waals surface area contributed by atoms with Crippen molar-refractivity contribution in [3.63, 3.8) is 0 Å². The van der Waals surface area contributed by atoms with Crippen LogP contribution in [-0.4, -0.2) is 35.5 Å². The Balaban J connectivity index is 1.66. The molecule has 1 aliphatic carbocycles. The minimum absolute atomic E-state index is 0.0493. The van der Waals surface area contributed by atoms with Crippen LogP contribution < -0.4 is 5.32 Å². The SMILES string of the molecule is O=C(Nc1ccc2c(c1)CCC2)N1CCSCC1. The van der Waals surface area contributed by atoms with Crippen LogP contribution in [0.5, 0.6) is 0 Å². The van der Waals surface area contributed by atoms with Gasteiger partial charge in [-0.15, -0.1) is 0 Å². The summed E-state index contributed by atoms with van der Waals surface area (Å²) in [4.78, 5) is 14.0. The lowest BCUT2D eigenvalue weighted by atomic mass is 10.1. The number of rotatable bonds is 1. The van der Waals surface area contributed by atoms with Gasteiger partial charge in [-0.2, -0.15) is 11.8 Å². The van der Waals surface area contributed by atoms with Crippen molar-refractivity contribution < 1.29 is 4.79 Å². The van der Waals surface area contributed by atoms with E-state index >= 15 is 0 Å². The van der Waals surface area contributed by atoms with Gasteiger partial charge in [0.05, 0.1) is 0 Å². The molecule has 0 spiro atoms. The van der Waals surface area contributed by atoms with Gasteiger partial charge in [0.1, 0.15) is 0 Å². The number of amides is 2. The Kier molecular flexibility index (Phi) is 3.46. The van der Waals surface area contributed by atoms with Crippen LogP contribution in [0.3, 0.4) is 0 Å². The summed E-state index contributed by atoms with van der Waals surface area (Å²) >= 11 is 1.92. The number of nitrogens with one attached hydrogen (secondary N) is 1. The number of anilines is 1. The highest BCUT2D eigenvalue weighted by atomic mass is 32.2. The van der Waals surface area contributed by atoms with E-state index in [1.54, 1.807) is 0 Å². The van der Waals surface area contributed by atoms with E-state index < -0.39 is 0 Å². The Morgan fingerprint density at radius 2 is 1.94 bits per heavy atom. The van der Waals surface area contributed by atoms with Gasteiger partial charge >= 0.3 is 6.03 Å². The first-order valence-corrected chi connectivity index (χ1v) is 7.74. The molecule has 4 heteroatoms. The molecule has 96 valence electrons. The summed E-state index contributed by atoms with van der Waals surface area (Å²) < 4.78 is 0. The maximum atomic E-state index is 12.1. The second kappa shape index (κ2) is 5.22. The van der Waals surface area contributed by atoms with E-state index in [1.807, 2.05) is 22.7 Å². The maximum Gasteiger partial charge on any atom is 0.321 e. The maximum absolute atomic E-state index is 12.1. The number of thioether (sulfide) groups is 1. The molecule has 0 saturated carbocycles. The molecule has 1 saturated heterocycles. The van der Waals surface area contributed by atoms with Crippen LogP contribution in [0.1, 0.15) is 17.5 Å². The Hall–Kier alpha value is -1.16. The summed E-state index contributed by atoms with van der Waals surface area (Å²) in [6, 6.07) is 6.37. The molecule has 2 aliphatic rings. The van der Waals surface area contributed by atoms with Gasteiger partial charge in [0.15, 0.2) is 0 Å². The zero-order valence-electron chi connectivity index (χ0n) is 10.4. The summed E-state index contributed by atoms with van der Waals surface area (Å²) in [6.07, 6.45) is 3.59. The number of urea groups is 1. The van der Waals surface area contributed by atoms with E-state index in [-0.39, 0.29) is 6.03 Å². The third kappa shape index (κ3) is 2.48. The number of carbonyl (C=O) groups excluding carboxylic acids is 1. The predicted octanol–water partition coefficient (Wildman–Crippen LogP) is 2.76. The largest absolute Gasteiger partial charge is 0.323 e. The molecule has 1 N–H and O–H groups in total. The molecular weight excluding hydrogens is 244 g/mol. The zero-order chi connectivity index (χ0) is 12.4. The minimum atomic E-state index is 0.0493. The van der Waals surface area contributed by atoms with Gasteiger partial charge in [-0.3, -0.25) is 0 Å². The van der Waals surface area contributed by atoms with E-state index in [4.69, 9.17) is 0 Å². The number of aryl methyl sites for hydroxylation is 2. The molecule has 2 amide bonds. The van der Waals surface area contributed by atoms with Crippen molar-refractivity contribution in [3.05, 3.63) is 29.3 Å². The number of benzene rings is 1. The summed E-state index contributed by atoms with van der Waals surface area (Å²) in [5.41, 5.74) is 3.79. The molecule has 3 nitrogen and oxygen atoms in total. The van der Waals surface area contributed by atoms with Crippen LogP contribution in [-0.2, 0) is 12.8 Å². The molecule has 0 bridgehead atoms. The normalized spacial score (nSPS) is 18.6. The Labute approximate surface area is 112 Å². The molecule has 0 unspecified atom stereocenters. The van der Waals surface area contributed by atoms with Crippen LogP contribution >= 0.6 is 11.8 Å². The van der Waals surface area contributed by atoms with E-state index in [9.17, 15) is 4.79 Å². The lowest BCUT2D eigenvalue weighted by molar-refractivity contribution is 0.217. The monoisotopic (exact) mass is 262 g/mol. The second-order valence-electron chi connectivity index (χ2n) is 4.87. The number of hydrogen-bond donors (Lipinski definition) is 1. The summed E-state index contributed by atoms with van der Waals surface area (Å²) in [6.45, 7) is 1.73. The summed E-state index contributed by atoms with van der Waals surface area (Å²) in [5.74, 6) is 2.11. The average molecular weight is 262 g/mol. The fourth-order valence-electron chi connectivity index (χ4n) is 2.62. The third-order valence-electron chi connectivity index (χ3n) is 3.65. The topological polar surface area (TPSA) is 32.3 Å². The average Bonchev–Trinajstić information content (AvgIpc) is 2.87. The van der Waals surface area contributed by atoms with E-state index in [1.165, 1.54) is 24.0 Å². The fraction of sp³-hybridized carbons (Fsp3) is 0.500. The molecule has 1 fully saturated rings. The number of hydrogen-bond acceptors (Lipinski definition) is 2. The van der Waals surface area contributed by atoms with Crippen molar-refractivity contribution in [2.75, 3.05) is 29.9 Å². The van der Waals surface area contributed by atoms with Gasteiger partial charge in [0.25, 0.3) is 0 Å². The van der Waals surface area contributed by atoms with Crippen LogP contribution in [0, 0.1) is 0 Å². The Bertz CT molecular complexity index is 455. The third-order valence-corrected chi connectivity index (χ3v) is 4.59. The van der Waals surface area contributed by atoms with Crippen molar-refractivity contribution >= 4 is 23.5 Å². The van der Waals surface area contributed by atoms with Crippen LogP contribution in [0.4, 0.5) is 10.5 Å². The smallest absolute Gasteiger partial charge is 0.321 e. The summed E-state index contributed by atoms with van der Waals surface area (Å²) in [5, 5.41) is 3.02. The quantitative estimate of drug-likeness (QED) is 0.844. The number of carbonyl (C=O) groups is 1. The van der Waals surface area contributed by atoms with Crippen molar-refractivity contribution in [2.45, 2.75) is 19.3 Å². The fourth-order valence-corrected chi connectivity index (χ4v) is 3.52. The van der Waals surface area contributed by atoms with Crippen molar-refractivity contribution in [2.24, 2.45) is 0 Å². The van der Waals surface area contributed by atoms with Gasteiger partial charge < -0.3 is 10.2 Å². The van der Waals surface area contributed by atoms with Gasteiger partial charge in [-0.05, 0) is 42.5 Å². The molecule has 3 rings (SSSR count). The molecule has 18 heavy (non-hydrogen) atoms. The molecular formula is C14H18N2OS. The Morgan fingerprint density at radius 3 is 2.78 bits per heavy atom. The molecule has 1 aromatic rings.